The number of carbonyl (C=O) groups is 1. The number of likely N-dealkylation sites (tertiary alicyclic amines) is 1. The lowest BCUT2D eigenvalue weighted by atomic mass is 9.73. The Morgan fingerprint density at radius 1 is 1.25 bits per heavy atom. The van der Waals surface area contributed by atoms with Gasteiger partial charge in [0.05, 0.1) is 12.0 Å². The number of para-hydroxylation sites is 1. The summed E-state index contributed by atoms with van der Waals surface area (Å²) in [6.45, 7) is 2.23. The maximum Gasteiger partial charge on any atom is 0.315 e. The molecule has 2 fully saturated rings. The van der Waals surface area contributed by atoms with E-state index in [1.807, 2.05) is 36.8 Å². The topological polar surface area (TPSA) is 67.6 Å². The highest BCUT2D eigenvalue weighted by atomic mass is 16.5. The maximum atomic E-state index is 12.3. The van der Waals surface area contributed by atoms with Crippen LogP contribution >= 0.6 is 0 Å². The fraction of sp³-hybridized carbons (Fsp3) is 0.545. The lowest BCUT2D eigenvalue weighted by Gasteiger charge is -2.35. The van der Waals surface area contributed by atoms with Gasteiger partial charge in [-0.15, -0.1) is 0 Å². The summed E-state index contributed by atoms with van der Waals surface area (Å²) >= 11 is 0. The molecule has 0 unspecified atom stereocenters. The summed E-state index contributed by atoms with van der Waals surface area (Å²) in [7, 11) is 0. The molecule has 2 aromatic rings. The van der Waals surface area contributed by atoms with Crippen molar-refractivity contribution in [3.63, 3.8) is 0 Å². The van der Waals surface area contributed by atoms with Crippen molar-refractivity contribution in [3.05, 3.63) is 48.0 Å². The molecule has 6 heteroatoms. The van der Waals surface area contributed by atoms with E-state index in [9.17, 15) is 9.90 Å². The first-order chi connectivity index (χ1) is 13.7. The molecule has 6 nitrogen and oxygen atoms in total. The molecule has 1 aliphatic carbocycles. The van der Waals surface area contributed by atoms with E-state index in [2.05, 4.69) is 14.5 Å². The zero-order valence-corrected chi connectivity index (χ0v) is 16.1. The van der Waals surface area contributed by atoms with Gasteiger partial charge in [0.2, 0.25) is 0 Å². The largest absolute Gasteiger partial charge is 0.492 e. The van der Waals surface area contributed by atoms with Gasteiger partial charge in [-0.2, -0.15) is 0 Å². The van der Waals surface area contributed by atoms with Crippen LogP contribution in [0.3, 0.4) is 0 Å². The SMILES string of the molecule is O=C(O)[C@]12COc3ccccc3[C@H]1CN(Cc1cncn1C1CCCCC1)C2. The number of benzene rings is 1. The Balaban J connectivity index is 1.40. The predicted octanol–water partition coefficient (Wildman–Crippen LogP) is 3.45. The number of carboxylic acid groups (broad SMARTS) is 1. The van der Waals surface area contributed by atoms with Gasteiger partial charge in [-0.3, -0.25) is 9.69 Å². The van der Waals surface area contributed by atoms with Crippen molar-refractivity contribution in [1.82, 2.24) is 14.5 Å². The first-order valence-corrected chi connectivity index (χ1v) is 10.4. The van der Waals surface area contributed by atoms with E-state index in [1.165, 1.54) is 37.8 Å². The van der Waals surface area contributed by atoms with Crippen molar-refractivity contribution in [1.29, 1.82) is 0 Å². The molecule has 148 valence electrons. The van der Waals surface area contributed by atoms with Crippen LogP contribution in [0.25, 0.3) is 0 Å². The van der Waals surface area contributed by atoms with Crippen LogP contribution < -0.4 is 4.74 Å². The lowest BCUT2D eigenvalue weighted by Crippen LogP contribution is -2.45. The van der Waals surface area contributed by atoms with Crippen molar-refractivity contribution < 1.29 is 14.6 Å². The summed E-state index contributed by atoms with van der Waals surface area (Å²) in [5.74, 6) is 0.0368. The van der Waals surface area contributed by atoms with Crippen LogP contribution in [0.5, 0.6) is 5.75 Å². The number of imidazole rings is 1. The lowest BCUT2D eigenvalue weighted by molar-refractivity contribution is -0.151. The van der Waals surface area contributed by atoms with Gasteiger partial charge in [-0.1, -0.05) is 37.5 Å². The van der Waals surface area contributed by atoms with Crippen molar-refractivity contribution in [2.45, 2.75) is 50.6 Å². The van der Waals surface area contributed by atoms with Gasteiger partial charge in [0.25, 0.3) is 0 Å². The quantitative estimate of drug-likeness (QED) is 0.879. The smallest absolute Gasteiger partial charge is 0.315 e. The number of carboxylic acids is 1. The molecular weight excluding hydrogens is 354 g/mol. The van der Waals surface area contributed by atoms with E-state index < -0.39 is 11.4 Å². The maximum absolute atomic E-state index is 12.3. The Labute approximate surface area is 165 Å². The molecule has 2 aliphatic heterocycles. The van der Waals surface area contributed by atoms with Crippen LogP contribution in [0, 0.1) is 5.41 Å². The van der Waals surface area contributed by atoms with Gasteiger partial charge in [0.1, 0.15) is 17.8 Å². The molecular formula is C22H27N3O3. The van der Waals surface area contributed by atoms with Crippen LogP contribution in [0.2, 0.25) is 0 Å². The average Bonchev–Trinajstić information content (AvgIpc) is 3.34. The minimum absolute atomic E-state index is 0.0407. The van der Waals surface area contributed by atoms with Gasteiger partial charge >= 0.3 is 5.97 Å². The molecule has 1 N–H and O–H groups in total. The van der Waals surface area contributed by atoms with Crippen molar-refractivity contribution in [2.75, 3.05) is 19.7 Å². The number of aromatic nitrogens is 2. The second kappa shape index (κ2) is 6.92. The van der Waals surface area contributed by atoms with E-state index in [4.69, 9.17) is 4.74 Å². The summed E-state index contributed by atoms with van der Waals surface area (Å²) in [4.78, 5) is 19.0. The third kappa shape index (κ3) is 2.82. The molecule has 5 rings (SSSR count). The van der Waals surface area contributed by atoms with E-state index in [0.717, 1.165) is 24.4 Å². The van der Waals surface area contributed by atoms with Gasteiger partial charge in [-0.25, -0.2) is 4.98 Å². The number of hydrogen-bond donors (Lipinski definition) is 1. The monoisotopic (exact) mass is 381 g/mol. The summed E-state index contributed by atoms with van der Waals surface area (Å²) in [5, 5.41) is 10.1. The molecule has 2 atom stereocenters. The van der Waals surface area contributed by atoms with Gasteiger partial charge in [-0.05, 0) is 24.5 Å². The van der Waals surface area contributed by atoms with E-state index in [1.54, 1.807) is 0 Å². The fourth-order valence-electron chi connectivity index (χ4n) is 5.43. The van der Waals surface area contributed by atoms with Crippen molar-refractivity contribution in [3.8, 4) is 5.75 Å². The minimum atomic E-state index is -0.871. The van der Waals surface area contributed by atoms with Gasteiger partial charge in [0.15, 0.2) is 0 Å². The van der Waals surface area contributed by atoms with Crippen LogP contribution in [0.15, 0.2) is 36.8 Å². The van der Waals surface area contributed by atoms with Crippen molar-refractivity contribution >= 4 is 5.97 Å². The molecule has 28 heavy (non-hydrogen) atoms. The Kier molecular flexibility index (Phi) is 4.38. The number of rotatable bonds is 4. The zero-order valence-electron chi connectivity index (χ0n) is 16.1. The molecule has 3 aliphatic rings. The summed E-state index contributed by atoms with van der Waals surface area (Å²) in [6.07, 6.45) is 10.2. The molecule has 1 aromatic carbocycles. The van der Waals surface area contributed by atoms with E-state index >= 15 is 0 Å². The third-order valence-electron chi connectivity index (χ3n) is 6.92. The number of ether oxygens (including phenoxy) is 1. The molecule has 0 amide bonds. The Bertz CT molecular complexity index is 873. The third-order valence-corrected chi connectivity index (χ3v) is 6.92. The number of fused-ring (bicyclic) bond motifs is 3. The van der Waals surface area contributed by atoms with Crippen LogP contribution in [0.4, 0.5) is 0 Å². The molecule has 1 saturated carbocycles. The van der Waals surface area contributed by atoms with Gasteiger partial charge < -0.3 is 14.4 Å². The average molecular weight is 381 g/mol. The summed E-state index contributed by atoms with van der Waals surface area (Å²) < 4.78 is 8.21. The normalized spacial score (nSPS) is 27.8. The van der Waals surface area contributed by atoms with Crippen LogP contribution in [-0.4, -0.2) is 45.2 Å². The Morgan fingerprint density at radius 3 is 2.89 bits per heavy atom. The molecule has 3 heterocycles. The molecule has 0 radical (unpaired) electrons. The number of nitrogens with zero attached hydrogens (tertiary/aromatic N) is 3. The van der Waals surface area contributed by atoms with Gasteiger partial charge in [0, 0.05) is 37.8 Å². The summed E-state index contributed by atoms with van der Waals surface area (Å²) in [5.41, 5.74) is 1.35. The Hall–Kier alpha value is -2.34. The first kappa shape index (κ1) is 17.7. The standard InChI is InChI=1S/C22H27N3O3/c26-21(27)22-13-24(12-19(22)18-8-4-5-9-20(18)28-14-22)11-17-10-23-15-25(17)16-6-2-1-3-7-16/h4-5,8-10,15-16,19H,1-3,6-7,11-14H2,(H,26,27)/t19-,22-/m1/s1. The second-order valence-corrected chi connectivity index (χ2v) is 8.59. The zero-order chi connectivity index (χ0) is 19.1. The molecule has 1 saturated heterocycles. The molecule has 0 bridgehead atoms. The predicted molar refractivity (Wildman–Crippen MR) is 104 cm³/mol. The highest BCUT2D eigenvalue weighted by Crippen LogP contribution is 2.50. The summed E-state index contributed by atoms with van der Waals surface area (Å²) in [6, 6.07) is 8.42. The highest BCUT2D eigenvalue weighted by molar-refractivity contribution is 5.78. The number of aliphatic carboxylic acids is 1. The van der Waals surface area contributed by atoms with Crippen LogP contribution in [0.1, 0.15) is 55.3 Å². The van der Waals surface area contributed by atoms with E-state index in [-0.39, 0.29) is 12.5 Å². The molecule has 1 aromatic heterocycles. The van der Waals surface area contributed by atoms with E-state index in [0.29, 0.717) is 12.6 Å². The second-order valence-electron chi connectivity index (χ2n) is 8.59. The first-order valence-electron chi connectivity index (χ1n) is 10.4. The number of hydrogen-bond acceptors (Lipinski definition) is 4. The minimum Gasteiger partial charge on any atom is -0.492 e. The molecule has 0 spiro atoms. The Morgan fingerprint density at radius 2 is 2.07 bits per heavy atom. The fourth-order valence-corrected chi connectivity index (χ4v) is 5.43. The van der Waals surface area contributed by atoms with Crippen LogP contribution in [-0.2, 0) is 11.3 Å². The highest BCUT2D eigenvalue weighted by Gasteiger charge is 2.56. The van der Waals surface area contributed by atoms with Crippen molar-refractivity contribution in [2.24, 2.45) is 5.41 Å².